The Bertz CT molecular complexity index is 875. The van der Waals surface area contributed by atoms with Gasteiger partial charge in [-0.15, -0.1) is 0 Å². The minimum absolute atomic E-state index is 0.0741. The number of hydrogen-bond acceptors (Lipinski definition) is 3. The van der Waals surface area contributed by atoms with Gasteiger partial charge in [-0.1, -0.05) is 60.7 Å². The Hall–Kier alpha value is -3.40. The predicted octanol–water partition coefficient (Wildman–Crippen LogP) is 4.74. The Morgan fingerprint density at radius 1 is 0.857 bits per heavy atom. The van der Waals surface area contributed by atoms with Gasteiger partial charge in [0.1, 0.15) is 12.4 Å². The van der Waals surface area contributed by atoms with Crippen LogP contribution in [-0.2, 0) is 17.8 Å². The molecule has 4 heteroatoms. The second-order valence-electron chi connectivity index (χ2n) is 6.48. The van der Waals surface area contributed by atoms with Gasteiger partial charge >= 0.3 is 0 Å². The quantitative estimate of drug-likeness (QED) is 0.436. The minimum Gasteiger partial charge on any atom is -0.489 e. The van der Waals surface area contributed by atoms with E-state index in [0.717, 1.165) is 29.7 Å². The summed E-state index contributed by atoms with van der Waals surface area (Å²) in [6, 6.07) is 27.8. The highest BCUT2D eigenvalue weighted by atomic mass is 16.5. The van der Waals surface area contributed by atoms with Crippen LogP contribution in [0.25, 0.3) is 0 Å². The van der Waals surface area contributed by atoms with E-state index in [-0.39, 0.29) is 5.91 Å². The standard InChI is InChI=1S/C24H24N2O2/c27-24(13-7-12-20-8-3-1-4-9-20)26-25-18-21-14-16-23(17-15-21)28-19-22-10-5-2-6-11-22/h1-6,8-11,14-18H,7,12-13,19H2,(H,26,27). The largest absolute Gasteiger partial charge is 0.489 e. The van der Waals surface area contributed by atoms with Crippen molar-refractivity contribution >= 4 is 12.1 Å². The molecule has 3 aromatic rings. The first-order valence-electron chi connectivity index (χ1n) is 9.42. The molecule has 142 valence electrons. The summed E-state index contributed by atoms with van der Waals surface area (Å²) in [4.78, 5) is 11.9. The summed E-state index contributed by atoms with van der Waals surface area (Å²) in [6.45, 7) is 0.535. The zero-order valence-electron chi connectivity index (χ0n) is 15.8. The number of carbonyl (C=O) groups is 1. The second-order valence-corrected chi connectivity index (χ2v) is 6.48. The summed E-state index contributed by atoms with van der Waals surface area (Å²) >= 11 is 0. The number of benzene rings is 3. The van der Waals surface area contributed by atoms with Crippen molar-refractivity contribution in [3.63, 3.8) is 0 Å². The third-order valence-electron chi connectivity index (χ3n) is 4.24. The van der Waals surface area contributed by atoms with Crippen LogP contribution in [0, 0.1) is 0 Å². The van der Waals surface area contributed by atoms with E-state index in [9.17, 15) is 4.79 Å². The van der Waals surface area contributed by atoms with Gasteiger partial charge in [-0.05, 0) is 53.8 Å². The Morgan fingerprint density at radius 3 is 2.18 bits per heavy atom. The summed E-state index contributed by atoms with van der Waals surface area (Å²) in [5.41, 5.74) is 5.85. The molecule has 0 spiro atoms. The molecule has 1 N–H and O–H groups in total. The first kappa shape index (κ1) is 19.4. The smallest absolute Gasteiger partial charge is 0.240 e. The number of ether oxygens (including phenoxy) is 1. The number of hydrazone groups is 1. The zero-order valence-corrected chi connectivity index (χ0v) is 15.8. The Labute approximate surface area is 165 Å². The molecular formula is C24H24N2O2. The SMILES string of the molecule is O=C(CCCc1ccccc1)NN=Cc1ccc(OCc2ccccc2)cc1. The highest BCUT2D eigenvalue weighted by molar-refractivity contribution is 5.82. The van der Waals surface area contributed by atoms with Gasteiger partial charge < -0.3 is 4.74 Å². The van der Waals surface area contributed by atoms with E-state index < -0.39 is 0 Å². The lowest BCUT2D eigenvalue weighted by Crippen LogP contribution is -2.17. The van der Waals surface area contributed by atoms with E-state index >= 15 is 0 Å². The predicted molar refractivity (Wildman–Crippen MR) is 112 cm³/mol. The van der Waals surface area contributed by atoms with E-state index in [2.05, 4.69) is 22.7 Å². The van der Waals surface area contributed by atoms with E-state index in [1.54, 1.807) is 6.21 Å². The molecule has 0 aliphatic rings. The second kappa shape index (κ2) is 10.7. The highest BCUT2D eigenvalue weighted by Gasteiger charge is 2.00. The number of amides is 1. The lowest BCUT2D eigenvalue weighted by Gasteiger charge is -2.06. The summed E-state index contributed by atoms with van der Waals surface area (Å²) < 4.78 is 5.76. The molecule has 3 rings (SSSR count). The van der Waals surface area contributed by atoms with Crippen LogP contribution < -0.4 is 10.2 Å². The van der Waals surface area contributed by atoms with Gasteiger partial charge in [-0.2, -0.15) is 5.10 Å². The summed E-state index contributed by atoms with van der Waals surface area (Å²) in [6.07, 6.45) is 3.79. The van der Waals surface area contributed by atoms with Gasteiger partial charge in [0.05, 0.1) is 6.21 Å². The number of nitrogens with one attached hydrogen (secondary N) is 1. The highest BCUT2D eigenvalue weighted by Crippen LogP contribution is 2.13. The molecule has 0 radical (unpaired) electrons. The number of hydrogen-bond donors (Lipinski definition) is 1. The van der Waals surface area contributed by atoms with Gasteiger partial charge in [-0.3, -0.25) is 4.79 Å². The Morgan fingerprint density at radius 2 is 1.50 bits per heavy atom. The average molecular weight is 372 g/mol. The van der Waals surface area contributed by atoms with Crippen LogP contribution in [0.2, 0.25) is 0 Å². The fourth-order valence-corrected chi connectivity index (χ4v) is 2.72. The fraction of sp³-hybridized carbons (Fsp3) is 0.167. The monoisotopic (exact) mass is 372 g/mol. The van der Waals surface area contributed by atoms with Crippen molar-refractivity contribution in [2.24, 2.45) is 5.10 Å². The molecule has 3 aromatic carbocycles. The number of carbonyl (C=O) groups excluding carboxylic acids is 1. The lowest BCUT2D eigenvalue weighted by molar-refractivity contribution is -0.121. The molecule has 4 nitrogen and oxygen atoms in total. The Kier molecular flexibility index (Phi) is 7.38. The molecule has 1 amide bonds. The van der Waals surface area contributed by atoms with Crippen LogP contribution in [0.1, 0.15) is 29.5 Å². The van der Waals surface area contributed by atoms with Crippen LogP contribution in [0.5, 0.6) is 5.75 Å². The van der Waals surface area contributed by atoms with Crippen LogP contribution in [0.4, 0.5) is 0 Å². The van der Waals surface area contributed by atoms with Crippen molar-refractivity contribution in [1.82, 2.24) is 5.43 Å². The normalized spacial score (nSPS) is 10.7. The third-order valence-corrected chi connectivity index (χ3v) is 4.24. The fourth-order valence-electron chi connectivity index (χ4n) is 2.72. The maximum atomic E-state index is 11.9. The van der Waals surface area contributed by atoms with Crippen molar-refractivity contribution in [1.29, 1.82) is 0 Å². The first-order valence-corrected chi connectivity index (χ1v) is 9.42. The van der Waals surface area contributed by atoms with E-state index in [0.29, 0.717) is 13.0 Å². The molecule has 0 saturated heterocycles. The first-order chi connectivity index (χ1) is 13.8. The van der Waals surface area contributed by atoms with Crippen molar-refractivity contribution in [2.45, 2.75) is 25.9 Å². The molecule has 0 aromatic heterocycles. The number of rotatable bonds is 9. The minimum atomic E-state index is -0.0741. The molecule has 0 fully saturated rings. The van der Waals surface area contributed by atoms with Gasteiger partial charge in [0.15, 0.2) is 0 Å². The molecule has 0 bridgehead atoms. The maximum absolute atomic E-state index is 11.9. The van der Waals surface area contributed by atoms with Gasteiger partial charge in [0, 0.05) is 6.42 Å². The maximum Gasteiger partial charge on any atom is 0.240 e. The average Bonchev–Trinajstić information content (AvgIpc) is 2.75. The zero-order chi connectivity index (χ0) is 19.4. The molecule has 0 saturated carbocycles. The number of aryl methyl sites for hydroxylation is 1. The molecule has 0 aliphatic heterocycles. The van der Waals surface area contributed by atoms with Crippen LogP contribution >= 0.6 is 0 Å². The third kappa shape index (κ3) is 6.72. The number of nitrogens with zero attached hydrogens (tertiary/aromatic N) is 1. The van der Waals surface area contributed by atoms with E-state index in [4.69, 9.17) is 4.74 Å². The van der Waals surface area contributed by atoms with Gasteiger partial charge in [0.25, 0.3) is 0 Å². The van der Waals surface area contributed by atoms with Crippen LogP contribution in [0.15, 0.2) is 90.0 Å². The molecule has 0 unspecified atom stereocenters. The molecule has 0 atom stereocenters. The topological polar surface area (TPSA) is 50.7 Å². The van der Waals surface area contributed by atoms with Crippen LogP contribution in [0.3, 0.4) is 0 Å². The van der Waals surface area contributed by atoms with Crippen LogP contribution in [-0.4, -0.2) is 12.1 Å². The van der Waals surface area contributed by atoms with Crippen molar-refractivity contribution in [3.8, 4) is 5.75 Å². The van der Waals surface area contributed by atoms with Gasteiger partial charge in [-0.25, -0.2) is 5.43 Å². The molecular weight excluding hydrogens is 348 g/mol. The molecule has 0 heterocycles. The summed E-state index contributed by atoms with van der Waals surface area (Å²) in [7, 11) is 0. The lowest BCUT2D eigenvalue weighted by atomic mass is 10.1. The Balaban J connectivity index is 1.37. The van der Waals surface area contributed by atoms with E-state index in [1.807, 2.05) is 72.8 Å². The molecule has 28 heavy (non-hydrogen) atoms. The van der Waals surface area contributed by atoms with Crippen molar-refractivity contribution in [3.05, 3.63) is 102 Å². The summed E-state index contributed by atoms with van der Waals surface area (Å²) in [5, 5.41) is 4.03. The van der Waals surface area contributed by atoms with Gasteiger partial charge in [0.2, 0.25) is 5.91 Å². The van der Waals surface area contributed by atoms with Crippen molar-refractivity contribution in [2.75, 3.05) is 0 Å². The molecule has 0 aliphatic carbocycles. The van der Waals surface area contributed by atoms with Crippen molar-refractivity contribution < 1.29 is 9.53 Å². The van der Waals surface area contributed by atoms with E-state index in [1.165, 1.54) is 5.56 Å². The summed E-state index contributed by atoms with van der Waals surface area (Å²) in [5.74, 6) is 0.723.